The fraction of sp³-hybridized carbons (Fsp3) is 0.263. The number of ether oxygens (including phenoxy) is 1. The maximum atomic E-state index is 12.4. The molecule has 0 radical (unpaired) electrons. The van der Waals surface area contributed by atoms with Crippen LogP contribution in [0.1, 0.15) is 11.1 Å². The van der Waals surface area contributed by atoms with E-state index in [2.05, 4.69) is 5.32 Å². The van der Waals surface area contributed by atoms with Crippen molar-refractivity contribution in [1.29, 1.82) is 0 Å². The molecule has 0 bridgehead atoms. The smallest absolute Gasteiger partial charge is 0.408 e. The van der Waals surface area contributed by atoms with Crippen molar-refractivity contribution in [1.82, 2.24) is 10.2 Å². The van der Waals surface area contributed by atoms with Crippen LogP contribution < -0.4 is 5.32 Å². The fourth-order valence-corrected chi connectivity index (χ4v) is 2.45. The van der Waals surface area contributed by atoms with Crippen LogP contribution in [0.2, 0.25) is 0 Å². The van der Waals surface area contributed by atoms with E-state index in [0.717, 1.165) is 24.2 Å². The zero-order valence-corrected chi connectivity index (χ0v) is 13.4. The molecule has 1 heterocycles. The van der Waals surface area contributed by atoms with Gasteiger partial charge in [-0.3, -0.25) is 4.79 Å². The molecule has 0 saturated carbocycles. The molecule has 1 aliphatic rings. The van der Waals surface area contributed by atoms with Crippen molar-refractivity contribution >= 4 is 12.0 Å². The molecule has 3 rings (SSSR count). The van der Waals surface area contributed by atoms with Crippen molar-refractivity contribution in [2.75, 3.05) is 13.1 Å². The van der Waals surface area contributed by atoms with Gasteiger partial charge < -0.3 is 15.0 Å². The van der Waals surface area contributed by atoms with Gasteiger partial charge in [0.2, 0.25) is 5.91 Å². The van der Waals surface area contributed by atoms with Crippen LogP contribution in [0.3, 0.4) is 0 Å². The molecule has 0 spiro atoms. The lowest BCUT2D eigenvalue weighted by molar-refractivity contribution is -0.127. The molecule has 0 aliphatic carbocycles. The number of carbonyl (C=O) groups excluding carboxylic acids is 2. The minimum Gasteiger partial charge on any atom is -0.445 e. The van der Waals surface area contributed by atoms with E-state index in [4.69, 9.17) is 4.74 Å². The molecule has 0 aromatic heterocycles. The molecule has 24 heavy (non-hydrogen) atoms. The van der Waals surface area contributed by atoms with E-state index in [9.17, 15) is 9.59 Å². The van der Waals surface area contributed by atoms with Crippen LogP contribution in [0.4, 0.5) is 4.79 Å². The number of nitrogens with one attached hydrogen (secondary N) is 1. The maximum absolute atomic E-state index is 12.4. The highest BCUT2D eigenvalue weighted by Crippen LogP contribution is 2.12. The third-order valence-corrected chi connectivity index (χ3v) is 3.84. The number of rotatable bonds is 6. The monoisotopic (exact) mass is 324 g/mol. The van der Waals surface area contributed by atoms with E-state index in [1.54, 1.807) is 4.90 Å². The minimum absolute atomic E-state index is 0.0597. The Morgan fingerprint density at radius 1 is 0.958 bits per heavy atom. The first-order valence-electron chi connectivity index (χ1n) is 8.02. The summed E-state index contributed by atoms with van der Waals surface area (Å²) in [5, 5.41) is 2.70. The zero-order valence-electron chi connectivity index (χ0n) is 13.4. The molecule has 1 aliphatic heterocycles. The number of hydrogen-bond donors (Lipinski definition) is 1. The van der Waals surface area contributed by atoms with Crippen LogP contribution in [-0.4, -0.2) is 36.0 Å². The zero-order chi connectivity index (χ0) is 16.8. The third-order valence-electron chi connectivity index (χ3n) is 3.84. The predicted octanol–water partition coefficient (Wildman–Crippen LogP) is 2.37. The molecule has 5 heteroatoms. The number of amides is 2. The van der Waals surface area contributed by atoms with Gasteiger partial charge in [0, 0.05) is 19.5 Å². The molecule has 2 aromatic carbocycles. The van der Waals surface area contributed by atoms with Gasteiger partial charge in [0.1, 0.15) is 12.6 Å². The van der Waals surface area contributed by atoms with Gasteiger partial charge in [-0.05, 0) is 11.1 Å². The summed E-state index contributed by atoms with van der Waals surface area (Å²) in [5.74, 6) is -0.0597. The molecular weight excluding hydrogens is 304 g/mol. The summed E-state index contributed by atoms with van der Waals surface area (Å²) in [4.78, 5) is 26.1. The Labute approximate surface area is 141 Å². The Hall–Kier alpha value is -2.82. The molecular formula is C19H20N2O3. The van der Waals surface area contributed by atoms with E-state index < -0.39 is 12.1 Å². The third kappa shape index (κ3) is 4.59. The summed E-state index contributed by atoms with van der Waals surface area (Å²) in [6.45, 7) is 1.69. The van der Waals surface area contributed by atoms with Gasteiger partial charge in [-0.25, -0.2) is 4.79 Å². The standard InChI is InChI=1S/C19H20N2O3/c22-18(21-11-12-21)17(13-15-7-3-1-4-8-15)20-19(23)24-14-16-9-5-2-6-10-16/h1-10,17H,11-14H2,(H,20,23)/t17-/m0/s1. The van der Waals surface area contributed by atoms with Gasteiger partial charge in [-0.15, -0.1) is 0 Å². The van der Waals surface area contributed by atoms with Crippen molar-refractivity contribution in [3.63, 3.8) is 0 Å². The van der Waals surface area contributed by atoms with Crippen LogP contribution in [-0.2, 0) is 22.6 Å². The van der Waals surface area contributed by atoms with Crippen molar-refractivity contribution in [3.05, 3.63) is 71.8 Å². The summed E-state index contributed by atoms with van der Waals surface area (Å²) < 4.78 is 5.23. The normalized spacial score (nSPS) is 13.9. The SMILES string of the molecule is O=C(N[C@@H](Cc1ccccc1)C(=O)N1CC1)OCc1ccccc1. The molecule has 5 nitrogen and oxygen atoms in total. The topological polar surface area (TPSA) is 58.4 Å². The Kier molecular flexibility index (Phi) is 5.11. The minimum atomic E-state index is -0.599. The van der Waals surface area contributed by atoms with Gasteiger partial charge in [0.25, 0.3) is 0 Å². The van der Waals surface area contributed by atoms with Gasteiger partial charge in [0.05, 0.1) is 0 Å². The largest absolute Gasteiger partial charge is 0.445 e. The number of benzene rings is 2. The lowest BCUT2D eigenvalue weighted by Gasteiger charge is -2.18. The van der Waals surface area contributed by atoms with E-state index in [1.165, 1.54) is 0 Å². The Bertz CT molecular complexity index is 684. The summed E-state index contributed by atoms with van der Waals surface area (Å²) >= 11 is 0. The molecule has 0 unspecified atom stereocenters. The number of nitrogens with zero attached hydrogens (tertiary/aromatic N) is 1. The first kappa shape index (κ1) is 16.1. The van der Waals surface area contributed by atoms with Crippen LogP contribution in [0.15, 0.2) is 60.7 Å². The fourth-order valence-electron chi connectivity index (χ4n) is 2.45. The lowest BCUT2D eigenvalue weighted by atomic mass is 10.1. The predicted molar refractivity (Wildman–Crippen MR) is 90.3 cm³/mol. The highest BCUT2D eigenvalue weighted by molar-refractivity contribution is 5.87. The van der Waals surface area contributed by atoms with Crippen molar-refractivity contribution in [3.8, 4) is 0 Å². The van der Waals surface area contributed by atoms with Crippen molar-refractivity contribution < 1.29 is 14.3 Å². The van der Waals surface area contributed by atoms with E-state index in [0.29, 0.717) is 6.42 Å². The quantitative estimate of drug-likeness (QED) is 0.830. The van der Waals surface area contributed by atoms with E-state index in [1.807, 2.05) is 60.7 Å². The maximum Gasteiger partial charge on any atom is 0.408 e. The average Bonchev–Trinajstić information content (AvgIpc) is 3.46. The molecule has 2 aromatic rings. The molecule has 124 valence electrons. The summed E-state index contributed by atoms with van der Waals surface area (Å²) in [6.07, 6.45) is -0.119. The van der Waals surface area contributed by atoms with E-state index in [-0.39, 0.29) is 12.5 Å². The van der Waals surface area contributed by atoms with Gasteiger partial charge in [0.15, 0.2) is 0 Å². The Morgan fingerprint density at radius 2 is 1.54 bits per heavy atom. The summed E-state index contributed by atoms with van der Waals surface area (Å²) in [7, 11) is 0. The second kappa shape index (κ2) is 7.64. The lowest BCUT2D eigenvalue weighted by Crippen LogP contribution is -2.45. The van der Waals surface area contributed by atoms with Gasteiger partial charge in [-0.1, -0.05) is 60.7 Å². The second-order valence-electron chi connectivity index (χ2n) is 5.77. The molecule has 1 atom stereocenters. The first-order chi connectivity index (χ1) is 11.7. The van der Waals surface area contributed by atoms with Crippen molar-refractivity contribution in [2.24, 2.45) is 0 Å². The molecule has 1 fully saturated rings. The van der Waals surface area contributed by atoms with E-state index >= 15 is 0 Å². The first-order valence-corrected chi connectivity index (χ1v) is 8.02. The summed E-state index contributed by atoms with van der Waals surface area (Å²) in [6, 6.07) is 18.5. The van der Waals surface area contributed by atoms with Crippen molar-refractivity contribution in [2.45, 2.75) is 19.1 Å². The Balaban J connectivity index is 1.58. The second-order valence-corrected chi connectivity index (χ2v) is 5.77. The molecule has 1 N–H and O–H groups in total. The highest BCUT2D eigenvalue weighted by atomic mass is 16.5. The van der Waals surface area contributed by atoms with Crippen LogP contribution in [0.5, 0.6) is 0 Å². The Morgan fingerprint density at radius 3 is 2.12 bits per heavy atom. The number of carbonyl (C=O) groups is 2. The van der Waals surface area contributed by atoms with Gasteiger partial charge in [-0.2, -0.15) is 0 Å². The highest BCUT2D eigenvalue weighted by Gasteiger charge is 2.32. The van der Waals surface area contributed by atoms with Crippen LogP contribution in [0, 0.1) is 0 Å². The van der Waals surface area contributed by atoms with Gasteiger partial charge >= 0.3 is 6.09 Å². The molecule has 1 saturated heterocycles. The average molecular weight is 324 g/mol. The molecule has 2 amide bonds. The van der Waals surface area contributed by atoms with Crippen LogP contribution in [0.25, 0.3) is 0 Å². The summed E-state index contributed by atoms with van der Waals surface area (Å²) in [5.41, 5.74) is 1.91. The number of hydrogen-bond acceptors (Lipinski definition) is 3. The van der Waals surface area contributed by atoms with Crippen LogP contribution >= 0.6 is 0 Å². The number of alkyl carbamates (subject to hydrolysis) is 1.